The van der Waals surface area contributed by atoms with Crippen LogP contribution in [0.1, 0.15) is 44.1 Å². The SMILES string of the molecule is CNC1CC(Oc2ccc(C)cc2Cl)C12CCCCC2. The van der Waals surface area contributed by atoms with Gasteiger partial charge in [-0.2, -0.15) is 0 Å². The second-order valence-corrected chi connectivity index (χ2v) is 6.82. The number of aryl methyl sites for hydroxylation is 1. The Morgan fingerprint density at radius 1 is 1.25 bits per heavy atom. The number of benzene rings is 1. The number of hydrogen-bond acceptors (Lipinski definition) is 2. The predicted molar refractivity (Wildman–Crippen MR) is 83.6 cm³/mol. The largest absolute Gasteiger partial charge is 0.488 e. The molecular formula is C17H24ClNO. The molecule has 0 amide bonds. The fourth-order valence-corrected chi connectivity index (χ4v) is 4.33. The molecule has 2 atom stereocenters. The lowest BCUT2D eigenvalue weighted by Gasteiger charge is -2.57. The molecule has 0 aliphatic heterocycles. The van der Waals surface area contributed by atoms with Crippen LogP contribution in [0, 0.1) is 12.3 Å². The highest BCUT2D eigenvalue weighted by Gasteiger charge is 2.56. The first-order chi connectivity index (χ1) is 9.65. The molecule has 0 radical (unpaired) electrons. The molecule has 1 spiro atoms. The van der Waals surface area contributed by atoms with Crippen LogP contribution < -0.4 is 10.1 Å². The van der Waals surface area contributed by atoms with Crippen molar-refractivity contribution < 1.29 is 4.74 Å². The van der Waals surface area contributed by atoms with Gasteiger partial charge in [-0.1, -0.05) is 36.9 Å². The smallest absolute Gasteiger partial charge is 0.138 e. The monoisotopic (exact) mass is 293 g/mol. The average molecular weight is 294 g/mol. The van der Waals surface area contributed by atoms with Crippen LogP contribution in [0.4, 0.5) is 0 Å². The van der Waals surface area contributed by atoms with E-state index in [1.807, 2.05) is 12.1 Å². The predicted octanol–water partition coefficient (Wildman–Crippen LogP) is 4.34. The van der Waals surface area contributed by atoms with Crippen LogP contribution in [0.3, 0.4) is 0 Å². The van der Waals surface area contributed by atoms with Gasteiger partial charge in [0.15, 0.2) is 0 Å². The second kappa shape index (κ2) is 5.57. The van der Waals surface area contributed by atoms with Crippen LogP contribution in [-0.2, 0) is 0 Å². The van der Waals surface area contributed by atoms with E-state index in [1.165, 1.54) is 37.7 Å². The van der Waals surface area contributed by atoms with Gasteiger partial charge in [0, 0.05) is 17.9 Å². The third-order valence-electron chi connectivity index (χ3n) is 5.27. The molecule has 2 nitrogen and oxygen atoms in total. The summed E-state index contributed by atoms with van der Waals surface area (Å²) in [6.45, 7) is 2.05. The molecule has 20 heavy (non-hydrogen) atoms. The molecule has 0 bridgehead atoms. The Balaban J connectivity index is 1.77. The maximum Gasteiger partial charge on any atom is 0.138 e. The molecule has 2 aliphatic carbocycles. The van der Waals surface area contributed by atoms with Crippen molar-refractivity contribution in [3.8, 4) is 5.75 Å². The first-order valence-electron chi connectivity index (χ1n) is 7.76. The Kier molecular flexibility index (Phi) is 3.96. The molecule has 2 unspecified atom stereocenters. The van der Waals surface area contributed by atoms with Crippen molar-refractivity contribution in [2.75, 3.05) is 7.05 Å². The quantitative estimate of drug-likeness (QED) is 0.895. The van der Waals surface area contributed by atoms with Crippen LogP contribution in [0.2, 0.25) is 5.02 Å². The molecule has 3 rings (SSSR count). The summed E-state index contributed by atoms with van der Waals surface area (Å²) in [7, 11) is 2.08. The van der Waals surface area contributed by atoms with Gasteiger partial charge in [-0.25, -0.2) is 0 Å². The Labute approximate surface area is 126 Å². The van der Waals surface area contributed by atoms with Crippen molar-refractivity contribution in [2.24, 2.45) is 5.41 Å². The summed E-state index contributed by atoms with van der Waals surface area (Å²) in [4.78, 5) is 0. The molecule has 0 saturated heterocycles. The summed E-state index contributed by atoms with van der Waals surface area (Å²) >= 11 is 6.31. The lowest BCUT2D eigenvalue weighted by atomic mass is 9.55. The molecular weight excluding hydrogens is 270 g/mol. The van der Waals surface area contributed by atoms with Crippen molar-refractivity contribution in [3.05, 3.63) is 28.8 Å². The maximum absolute atomic E-state index is 6.31. The number of hydrogen-bond donors (Lipinski definition) is 1. The van der Waals surface area contributed by atoms with Crippen molar-refractivity contribution in [2.45, 2.75) is 57.6 Å². The number of ether oxygens (including phenoxy) is 1. The zero-order chi connectivity index (χ0) is 14.2. The summed E-state index contributed by atoms with van der Waals surface area (Å²) in [5, 5.41) is 4.23. The van der Waals surface area contributed by atoms with E-state index in [4.69, 9.17) is 16.3 Å². The number of nitrogens with one attached hydrogen (secondary N) is 1. The average Bonchev–Trinajstić information content (AvgIpc) is 2.45. The van der Waals surface area contributed by atoms with E-state index in [0.29, 0.717) is 17.6 Å². The van der Waals surface area contributed by atoms with E-state index in [-0.39, 0.29) is 0 Å². The van der Waals surface area contributed by atoms with Gasteiger partial charge in [-0.05, 0) is 44.5 Å². The third-order valence-corrected chi connectivity index (χ3v) is 5.57. The summed E-state index contributed by atoms with van der Waals surface area (Å²) in [5.41, 5.74) is 1.51. The van der Waals surface area contributed by atoms with E-state index in [1.54, 1.807) is 0 Å². The Morgan fingerprint density at radius 3 is 2.65 bits per heavy atom. The lowest BCUT2D eigenvalue weighted by molar-refractivity contribution is -0.100. The van der Waals surface area contributed by atoms with Crippen LogP contribution in [0.5, 0.6) is 5.75 Å². The van der Waals surface area contributed by atoms with Gasteiger partial charge >= 0.3 is 0 Å². The van der Waals surface area contributed by atoms with Crippen LogP contribution in [0.25, 0.3) is 0 Å². The molecule has 2 aliphatic rings. The summed E-state index contributed by atoms with van der Waals surface area (Å²) in [6, 6.07) is 6.68. The minimum Gasteiger partial charge on any atom is -0.488 e. The summed E-state index contributed by atoms with van der Waals surface area (Å²) in [5.74, 6) is 0.849. The Bertz CT molecular complexity index is 482. The highest BCUT2D eigenvalue weighted by Crippen LogP contribution is 2.53. The van der Waals surface area contributed by atoms with Gasteiger partial charge in [0.05, 0.1) is 5.02 Å². The molecule has 2 fully saturated rings. The molecule has 110 valence electrons. The van der Waals surface area contributed by atoms with Crippen molar-refractivity contribution in [1.29, 1.82) is 0 Å². The normalized spacial score (nSPS) is 28.1. The molecule has 0 aromatic heterocycles. The summed E-state index contributed by atoms with van der Waals surface area (Å²) in [6.07, 6.45) is 8.02. The second-order valence-electron chi connectivity index (χ2n) is 6.41. The van der Waals surface area contributed by atoms with Gasteiger partial charge in [-0.15, -0.1) is 0 Å². The first-order valence-corrected chi connectivity index (χ1v) is 8.13. The third kappa shape index (κ3) is 2.33. The van der Waals surface area contributed by atoms with Crippen molar-refractivity contribution in [1.82, 2.24) is 5.32 Å². The van der Waals surface area contributed by atoms with Gasteiger partial charge in [0.1, 0.15) is 11.9 Å². The fourth-order valence-electron chi connectivity index (χ4n) is 4.05. The number of halogens is 1. The van der Waals surface area contributed by atoms with Crippen LogP contribution in [-0.4, -0.2) is 19.2 Å². The van der Waals surface area contributed by atoms with Gasteiger partial charge in [0.2, 0.25) is 0 Å². The number of rotatable bonds is 3. The highest BCUT2D eigenvalue weighted by molar-refractivity contribution is 6.32. The maximum atomic E-state index is 6.31. The van der Waals surface area contributed by atoms with E-state index in [2.05, 4.69) is 25.4 Å². The molecule has 0 heterocycles. The fraction of sp³-hybridized carbons (Fsp3) is 0.647. The highest BCUT2D eigenvalue weighted by atomic mass is 35.5. The summed E-state index contributed by atoms with van der Waals surface area (Å²) < 4.78 is 6.29. The van der Waals surface area contributed by atoms with Crippen LogP contribution in [0.15, 0.2) is 18.2 Å². The zero-order valence-corrected chi connectivity index (χ0v) is 13.2. The molecule has 1 aromatic rings. The van der Waals surface area contributed by atoms with Gasteiger partial charge < -0.3 is 10.1 Å². The molecule has 1 aromatic carbocycles. The molecule has 1 N–H and O–H groups in total. The van der Waals surface area contributed by atoms with E-state index in [9.17, 15) is 0 Å². The van der Waals surface area contributed by atoms with Crippen molar-refractivity contribution in [3.63, 3.8) is 0 Å². The van der Waals surface area contributed by atoms with Crippen LogP contribution >= 0.6 is 11.6 Å². The molecule has 3 heteroatoms. The van der Waals surface area contributed by atoms with Gasteiger partial charge in [0.25, 0.3) is 0 Å². The zero-order valence-electron chi connectivity index (χ0n) is 12.4. The Morgan fingerprint density at radius 2 is 2.00 bits per heavy atom. The topological polar surface area (TPSA) is 21.3 Å². The van der Waals surface area contributed by atoms with E-state index >= 15 is 0 Å². The minimum atomic E-state index is 0.320. The lowest BCUT2D eigenvalue weighted by Crippen LogP contribution is -2.64. The van der Waals surface area contributed by atoms with E-state index in [0.717, 1.165) is 17.2 Å². The standard InChI is InChI=1S/C17H24ClNO/c1-12-6-7-14(13(18)10-12)20-16-11-15(19-2)17(16)8-4-3-5-9-17/h6-7,10,15-16,19H,3-5,8-9,11H2,1-2H3. The van der Waals surface area contributed by atoms with Crippen molar-refractivity contribution >= 4 is 11.6 Å². The van der Waals surface area contributed by atoms with Gasteiger partial charge in [-0.3, -0.25) is 0 Å². The Hall–Kier alpha value is -0.730. The minimum absolute atomic E-state index is 0.320. The van der Waals surface area contributed by atoms with E-state index < -0.39 is 0 Å². The first kappa shape index (κ1) is 14.2. The molecule has 2 saturated carbocycles.